The lowest BCUT2D eigenvalue weighted by Crippen LogP contribution is -2.42. The quantitative estimate of drug-likeness (QED) is 0.728. The molecule has 3 atom stereocenters. The normalized spacial score (nSPS) is 26.0. The summed E-state index contributed by atoms with van der Waals surface area (Å²) < 4.78 is 14.6. The first kappa shape index (κ1) is 16.3. The number of fused-ring (bicyclic) bond motifs is 3. The largest absolute Gasteiger partial charge is 0.507 e. The second kappa shape index (κ2) is 6.39. The predicted molar refractivity (Wildman–Crippen MR) is 102 cm³/mol. The maximum absolute atomic E-state index is 14.6. The van der Waals surface area contributed by atoms with Gasteiger partial charge in [0.25, 0.3) is 0 Å². The Bertz CT molecular complexity index is 1030. The molecule has 2 aromatic heterocycles. The second-order valence-electron chi connectivity index (χ2n) is 7.31. The number of piperidine rings is 1. The SMILES string of the molecule is Oc1cc2cnccc2cc1-c1ccc(/C=C2/CC3CCC(N3)[C@H]2F)nn1. The molecule has 136 valence electrons. The summed E-state index contributed by atoms with van der Waals surface area (Å²) in [5.74, 6) is 0.134. The highest BCUT2D eigenvalue weighted by molar-refractivity contribution is 5.89. The summed E-state index contributed by atoms with van der Waals surface area (Å²) in [4.78, 5) is 4.06. The third-order valence-corrected chi connectivity index (χ3v) is 5.52. The van der Waals surface area contributed by atoms with Crippen LogP contribution in [-0.2, 0) is 0 Å². The molecular formula is C21H19FN4O. The number of rotatable bonds is 2. The van der Waals surface area contributed by atoms with Crippen molar-refractivity contribution in [2.45, 2.75) is 37.5 Å². The highest BCUT2D eigenvalue weighted by Gasteiger charge is 2.38. The van der Waals surface area contributed by atoms with Crippen molar-refractivity contribution in [3.8, 4) is 17.0 Å². The van der Waals surface area contributed by atoms with Gasteiger partial charge < -0.3 is 10.4 Å². The first-order chi connectivity index (χ1) is 13.2. The number of pyridine rings is 1. The van der Waals surface area contributed by atoms with Gasteiger partial charge in [-0.3, -0.25) is 4.98 Å². The molecule has 6 heteroatoms. The average Bonchev–Trinajstić information content (AvgIpc) is 3.10. The third kappa shape index (κ3) is 2.96. The molecule has 2 saturated heterocycles. The van der Waals surface area contributed by atoms with E-state index in [1.165, 1.54) is 0 Å². The standard InChI is InChI=1S/C21H19FN4O/c22-21-13(7-15-1-4-19(21)24-15)8-16-2-3-18(26-25-16)17-9-12-5-6-23-11-14(12)10-20(17)27/h2-3,5-6,8-11,15,19,21,24,27H,1,4,7H2/b13-8-/t15?,19?,21-/m0/s1. The Morgan fingerprint density at radius 2 is 2.04 bits per heavy atom. The molecule has 2 aliphatic heterocycles. The van der Waals surface area contributed by atoms with Crippen LogP contribution in [0.2, 0.25) is 0 Å². The van der Waals surface area contributed by atoms with E-state index in [0.717, 1.165) is 35.6 Å². The first-order valence-electron chi connectivity index (χ1n) is 9.19. The molecule has 27 heavy (non-hydrogen) atoms. The summed E-state index contributed by atoms with van der Waals surface area (Å²) in [5, 5.41) is 24.0. The number of aromatic hydroxyl groups is 1. The van der Waals surface area contributed by atoms with Crippen LogP contribution in [0.3, 0.4) is 0 Å². The van der Waals surface area contributed by atoms with Gasteiger partial charge in [-0.05, 0) is 66.6 Å². The van der Waals surface area contributed by atoms with Gasteiger partial charge >= 0.3 is 0 Å². The van der Waals surface area contributed by atoms with Crippen LogP contribution in [0.1, 0.15) is 25.0 Å². The maximum Gasteiger partial charge on any atom is 0.137 e. The van der Waals surface area contributed by atoms with Crippen LogP contribution in [0.4, 0.5) is 4.39 Å². The molecule has 2 N–H and O–H groups in total. The smallest absolute Gasteiger partial charge is 0.137 e. The van der Waals surface area contributed by atoms with Gasteiger partial charge in [-0.1, -0.05) is 0 Å². The number of phenols is 1. The van der Waals surface area contributed by atoms with Crippen LogP contribution < -0.4 is 5.32 Å². The summed E-state index contributed by atoms with van der Waals surface area (Å²) in [6.07, 6.45) is 6.93. The molecule has 5 nitrogen and oxygen atoms in total. The van der Waals surface area contributed by atoms with Crippen molar-refractivity contribution < 1.29 is 9.50 Å². The van der Waals surface area contributed by atoms with Gasteiger partial charge in [-0.25, -0.2) is 4.39 Å². The van der Waals surface area contributed by atoms with Crippen LogP contribution in [0.25, 0.3) is 28.1 Å². The number of aromatic nitrogens is 3. The van der Waals surface area contributed by atoms with Crippen molar-refractivity contribution in [2.75, 3.05) is 0 Å². The van der Waals surface area contributed by atoms with Crippen molar-refractivity contribution >= 4 is 16.8 Å². The number of nitrogens with zero attached hydrogens (tertiary/aromatic N) is 3. The van der Waals surface area contributed by atoms with Crippen LogP contribution in [0.5, 0.6) is 5.75 Å². The van der Waals surface area contributed by atoms with E-state index >= 15 is 0 Å². The molecule has 3 aromatic rings. The van der Waals surface area contributed by atoms with Crippen LogP contribution in [0, 0.1) is 0 Å². The molecule has 0 radical (unpaired) electrons. The lowest BCUT2D eigenvalue weighted by molar-refractivity contribution is 0.270. The molecule has 1 aromatic carbocycles. The molecule has 0 amide bonds. The highest BCUT2D eigenvalue weighted by Crippen LogP contribution is 2.34. The van der Waals surface area contributed by atoms with E-state index in [1.54, 1.807) is 18.5 Å². The van der Waals surface area contributed by atoms with Crippen molar-refractivity contribution in [3.63, 3.8) is 0 Å². The molecule has 0 spiro atoms. The van der Waals surface area contributed by atoms with E-state index in [9.17, 15) is 9.50 Å². The van der Waals surface area contributed by atoms with Crippen molar-refractivity contribution in [1.29, 1.82) is 0 Å². The molecule has 0 saturated carbocycles. The van der Waals surface area contributed by atoms with Crippen LogP contribution >= 0.6 is 0 Å². The van der Waals surface area contributed by atoms with E-state index in [-0.39, 0.29) is 11.8 Å². The Morgan fingerprint density at radius 3 is 2.89 bits per heavy atom. The van der Waals surface area contributed by atoms with E-state index < -0.39 is 6.17 Å². The Morgan fingerprint density at radius 1 is 1.11 bits per heavy atom. The van der Waals surface area contributed by atoms with Crippen LogP contribution in [-0.4, -0.2) is 38.5 Å². The van der Waals surface area contributed by atoms with Gasteiger partial charge in [0.05, 0.1) is 11.4 Å². The topological polar surface area (TPSA) is 70.9 Å². The number of hydrogen-bond acceptors (Lipinski definition) is 5. The zero-order valence-corrected chi connectivity index (χ0v) is 14.6. The fourth-order valence-electron chi connectivity index (χ4n) is 4.12. The van der Waals surface area contributed by atoms with E-state index in [4.69, 9.17) is 0 Å². The summed E-state index contributed by atoms with van der Waals surface area (Å²) in [5.41, 5.74) is 2.63. The minimum absolute atomic E-state index is 0.0636. The number of benzene rings is 1. The Labute approximate surface area is 156 Å². The van der Waals surface area contributed by atoms with Crippen LogP contribution in [0.15, 0.2) is 48.3 Å². The van der Waals surface area contributed by atoms with Gasteiger partial charge in [0.15, 0.2) is 0 Å². The Hall–Kier alpha value is -2.86. The molecule has 2 aliphatic rings. The lowest BCUT2D eigenvalue weighted by atomic mass is 9.96. The predicted octanol–water partition coefficient (Wildman–Crippen LogP) is 3.64. The van der Waals surface area contributed by atoms with Gasteiger partial charge in [0, 0.05) is 35.4 Å². The maximum atomic E-state index is 14.6. The van der Waals surface area contributed by atoms with E-state index in [1.807, 2.05) is 30.3 Å². The monoisotopic (exact) mass is 362 g/mol. The summed E-state index contributed by atoms with van der Waals surface area (Å²) in [6.45, 7) is 0. The summed E-state index contributed by atoms with van der Waals surface area (Å²) in [7, 11) is 0. The molecule has 5 rings (SSSR count). The summed E-state index contributed by atoms with van der Waals surface area (Å²) >= 11 is 0. The number of halogens is 1. The third-order valence-electron chi connectivity index (χ3n) is 5.52. The van der Waals surface area contributed by atoms with Gasteiger partial charge in [0.2, 0.25) is 0 Å². The lowest BCUT2D eigenvalue weighted by Gasteiger charge is -2.27. The second-order valence-corrected chi connectivity index (χ2v) is 7.31. The van der Waals surface area contributed by atoms with Crippen molar-refractivity contribution in [1.82, 2.24) is 20.5 Å². The van der Waals surface area contributed by atoms with E-state index in [2.05, 4.69) is 20.5 Å². The first-order valence-corrected chi connectivity index (χ1v) is 9.19. The molecule has 4 heterocycles. The number of hydrogen-bond donors (Lipinski definition) is 2. The van der Waals surface area contributed by atoms with E-state index in [0.29, 0.717) is 23.0 Å². The Balaban J connectivity index is 1.45. The van der Waals surface area contributed by atoms with Gasteiger partial charge in [-0.15, -0.1) is 5.10 Å². The Kier molecular flexibility index (Phi) is 3.86. The fraction of sp³-hybridized carbons (Fsp3) is 0.286. The molecule has 2 unspecified atom stereocenters. The molecular weight excluding hydrogens is 343 g/mol. The molecule has 0 aliphatic carbocycles. The molecule has 2 fully saturated rings. The molecule has 2 bridgehead atoms. The van der Waals surface area contributed by atoms with Gasteiger partial charge in [-0.2, -0.15) is 5.10 Å². The number of nitrogens with one attached hydrogen (secondary N) is 1. The van der Waals surface area contributed by atoms with Crippen molar-refractivity contribution in [2.24, 2.45) is 0 Å². The van der Waals surface area contributed by atoms with Crippen molar-refractivity contribution in [3.05, 3.63) is 54.0 Å². The minimum Gasteiger partial charge on any atom is -0.507 e. The fourth-order valence-corrected chi connectivity index (χ4v) is 4.12. The zero-order valence-electron chi connectivity index (χ0n) is 14.6. The highest BCUT2D eigenvalue weighted by atomic mass is 19.1. The number of phenolic OH excluding ortho intramolecular Hbond substituents is 1. The average molecular weight is 362 g/mol. The number of alkyl halides is 1. The minimum atomic E-state index is -0.955. The van der Waals surface area contributed by atoms with Gasteiger partial charge in [0.1, 0.15) is 11.9 Å². The zero-order chi connectivity index (χ0) is 18.4. The summed E-state index contributed by atoms with van der Waals surface area (Å²) in [6, 6.07) is 9.38.